The van der Waals surface area contributed by atoms with Crippen molar-refractivity contribution < 1.29 is 0 Å². The van der Waals surface area contributed by atoms with Crippen molar-refractivity contribution in [2.24, 2.45) is 5.73 Å². The Morgan fingerprint density at radius 1 is 1.36 bits per heavy atom. The van der Waals surface area contributed by atoms with Gasteiger partial charge < -0.3 is 16.0 Å². The summed E-state index contributed by atoms with van der Waals surface area (Å²) < 4.78 is 0. The maximum Gasteiger partial charge on any atom is 0.0459 e. The lowest BCUT2D eigenvalue weighted by atomic mass is 10.2. The number of aromatic nitrogens is 1. The number of benzene rings is 1. The number of nitrogens with two attached hydrogens (primary N) is 1. The highest BCUT2D eigenvalue weighted by atomic mass is 14.9. The Hall–Kier alpha value is -1.32. The van der Waals surface area contributed by atoms with Crippen LogP contribution >= 0.6 is 0 Å². The lowest BCUT2D eigenvalue weighted by Crippen LogP contribution is -2.04. The smallest absolute Gasteiger partial charge is 0.0459 e. The number of H-pyrrole nitrogens is 1. The topological polar surface area (TPSA) is 53.8 Å². The van der Waals surface area contributed by atoms with E-state index in [0.717, 1.165) is 12.1 Å². The van der Waals surface area contributed by atoms with E-state index in [4.69, 9.17) is 5.73 Å². The van der Waals surface area contributed by atoms with Crippen LogP contribution in [0.3, 0.4) is 0 Å². The van der Waals surface area contributed by atoms with Crippen molar-refractivity contribution in [3.63, 3.8) is 0 Å². The Bertz CT molecular complexity index is 431. The van der Waals surface area contributed by atoms with E-state index in [1.54, 1.807) is 0 Å². The van der Waals surface area contributed by atoms with Gasteiger partial charge in [0, 0.05) is 24.3 Å². The van der Waals surface area contributed by atoms with Crippen molar-refractivity contribution in [1.29, 1.82) is 0 Å². The van der Waals surface area contributed by atoms with E-state index in [2.05, 4.69) is 34.6 Å². The summed E-state index contributed by atoms with van der Waals surface area (Å²) in [7, 11) is 1.94. The number of hydrogen-bond acceptors (Lipinski definition) is 2. The number of rotatable bonds is 3. The summed E-state index contributed by atoms with van der Waals surface area (Å²) in [6, 6.07) is 8.44. The molecule has 74 valence electrons. The summed E-state index contributed by atoms with van der Waals surface area (Å²) in [6.07, 6.45) is 0. The molecule has 1 aromatic carbocycles. The first-order chi connectivity index (χ1) is 6.83. The number of nitrogens with one attached hydrogen (secondary N) is 2. The maximum atomic E-state index is 5.58. The van der Waals surface area contributed by atoms with Crippen LogP contribution < -0.4 is 11.1 Å². The van der Waals surface area contributed by atoms with Gasteiger partial charge in [0.2, 0.25) is 0 Å². The van der Waals surface area contributed by atoms with Crippen LogP contribution in [0.4, 0.5) is 0 Å². The molecule has 0 bridgehead atoms. The molecule has 1 aromatic heterocycles. The van der Waals surface area contributed by atoms with Gasteiger partial charge in [0.15, 0.2) is 0 Å². The lowest BCUT2D eigenvalue weighted by molar-refractivity contribution is 0.799. The van der Waals surface area contributed by atoms with E-state index in [1.165, 1.54) is 16.6 Å². The molecule has 0 atom stereocenters. The lowest BCUT2D eigenvalue weighted by Gasteiger charge is -1.95. The van der Waals surface area contributed by atoms with Crippen molar-refractivity contribution in [3.05, 3.63) is 35.5 Å². The Balaban J connectivity index is 2.43. The van der Waals surface area contributed by atoms with Gasteiger partial charge in [-0.2, -0.15) is 0 Å². The zero-order chi connectivity index (χ0) is 9.97. The monoisotopic (exact) mass is 189 g/mol. The van der Waals surface area contributed by atoms with Gasteiger partial charge in [-0.3, -0.25) is 0 Å². The molecule has 0 radical (unpaired) electrons. The minimum Gasteiger partial charge on any atom is -0.357 e. The van der Waals surface area contributed by atoms with E-state index >= 15 is 0 Å². The molecule has 0 unspecified atom stereocenters. The average molecular weight is 189 g/mol. The second kappa shape index (κ2) is 3.82. The molecule has 1 heterocycles. The zero-order valence-corrected chi connectivity index (χ0v) is 8.30. The fraction of sp³-hybridized carbons (Fsp3) is 0.273. The van der Waals surface area contributed by atoms with E-state index in [9.17, 15) is 0 Å². The summed E-state index contributed by atoms with van der Waals surface area (Å²) in [4.78, 5) is 3.35. The first kappa shape index (κ1) is 9.24. The Kier molecular flexibility index (Phi) is 2.52. The molecule has 0 saturated heterocycles. The second-order valence-corrected chi connectivity index (χ2v) is 3.45. The minimum atomic E-state index is 0.594. The molecule has 0 amide bonds. The summed E-state index contributed by atoms with van der Waals surface area (Å²) in [5.41, 5.74) is 9.11. The third-order valence-corrected chi connectivity index (χ3v) is 2.35. The molecule has 0 aliphatic heterocycles. The predicted molar refractivity (Wildman–Crippen MR) is 59.0 cm³/mol. The average Bonchev–Trinajstić information content (AvgIpc) is 2.59. The summed E-state index contributed by atoms with van der Waals surface area (Å²) in [5, 5.41) is 4.36. The van der Waals surface area contributed by atoms with E-state index in [1.807, 2.05) is 7.05 Å². The van der Waals surface area contributed by atoms with Gasteiger partial charge in [-0.05, 0) is 30.1 Å². The van der Waals surface area contributed by atoms with Crippen LogP contribution in [0, 0.1) is 0 Å². The second-order valence-electron chi connectivity index (χ2n) is 3.45. The SMILES string of the molecule is CNCc1cc2ccc(CN)cc2[nH]1. The summed E-state index contributed by atoms with van der Waals surface area (Å²) in [6.45, 7) is 1.46. The summed E-state index contributed by atoms with van der Waals surface area (Å²) in [5.74, 6) is 0. The molecule has 3 heteroatoms. The van der Waals surface area contributed by atoms with Crippen molar-refractivity contribution in [1.82, 2.24) is 10.3 Å². The Morgan fingerprint density at radius 3 is 2.93 bits per heavy atom. The van der Waals surface area contributed by atoms with E-state index in [0.29, 0.717) is 6.54 Å². The molecule has 2 rings (SSSR count). The first-order valence-electron chi connectivity index (χ1n) is 4.78. The van der Waals surface area contributed by atoms with Crippen LogP contribution in [0.5, 0.6) is 0 Å². The third kappa shape index (κ3) is 1.64. The zero-order valence-electron chi connectivity index (χ0n) is 8.30. The van der Waals surface area contributed by atoms with Gasteiger partial charge >= 0.3 is 0 Å². The quantitative estimate of drug-likeness (QED) is 0.682. The Labute approximate surface area is 83.3 Å². The molecule has 0 fully saturated rings. The number of hydrogen-bond donors (Lipinski definition) is 3. The first-order valence-corrected chi connectivity index (χ1v) is 4.78. The molecule has 14 heavy (non-hydrogen) atoms. The highest BCUT2D eigenvalue weighted by molar-refractivity contribution is 5.81. The molecule has 2 aromatic rings. The molecule has 0 saturated carbocycles. The molecular formula is C11H15N3. The molecule has 0 spiro atoms. The fourth-order valence-electron chi connectivity index (χ4n) is 1.65. The van der Waals surface area contributed by atoms with Crippen LogP contribution in [-0.2, 0) is 13.1 Å². The molecule has 0 aliphatic rings. The molecule has 3 nitrogen and oxygen atoms in total. The standard InChI is InChI=1S/C11H15N3/c1-13-7-10-5-9-3-2-8(6-12)4-11(9)14-10/h2-5,13-14H,6-7,12H2,1H3. The van der Waals surface area contributed by atoms with Gasteiger partial charge in [-0.25, -0.2) is 0 Å². The summed E-state index contributed by atoms with van der Waals surface area (Å²) >= 11 is 0. The van der Waals surface area contributed by atoms with E-state index < -0.39 is 0 Å². The molecule has 4 N–H and O–H groups in total. The van der Waals surface area contributed by atoms with Crippen molar-refractivity contribution in [2.45, 2.75) is 13.1 Å². The van der Waals surface area contributed by atoms with Gasteiger partial charge in [0.05, 0.1) is 0 Å². The van der Waals surface area contributed by atoms with Crippen LogP contribution in [0.15, 0.2) is 24.3 Å². The predicted octanol–water partition coefficient (Wildman–Crippen LogP) is 1.35. The van der Waals surface area contributed by atoms with Gasteiger partial charge in [-0.1, -0.05) is 12.1 Å². The van der Waals surface area contributed by atoms with Crippen molar-refractivity contribution in [3.8, 4) is 0 Å². The normalized spacial score (nSPS) is 11.0. The largest absolute Gasteiger partial charge is 0.357 e. The molecule has 0 aliphatic carbocycles. The minimum absolute atomic E-state index is 0.594. The van der Waals surface area contributed by atoms with Crippen molar-refractivity contribution in [2.75, 3.05) is 7.05 Å². The molecular weight excluding hydrogens is 174 g/mol. The Morgan fingerprint density at radius 2 is 2.21 bits per heavy atom. The number of aromatic amines is 1. The highest BCUT2D eigenvalue weighted by Crippen LogP contribution is 2.16. The van der Waals surface area contributed by atoms with Crippen LogP contribution in [0.2, 0.25) is 0 Å². The highest BCUT2D eigenvalue weighted by Gasteiger charge is 2.00. The van der Waals surface area contributed by atoms with Crippen LogP contribution in [0.25, 0.3) is 10.9 Å². The van der Waals surface area contributed by atoms with Crippen LogP contribution in [0.1, 0.15) is 11.3 Å². The van der Waals surface area contributed by atoms with E-state index in [-0.39, 0.29) is 0 Å². The maximum absolute atomic E-state index is 5.58. The van der Waals surface area contributed by atoms with Gasteiger partial charge in [-0.15, -0.1) is 0 Å². The van der Waals surface area contributed by atoms with Crippen LogP contribution in [-0.4, -0.2) is 12.0 Å². The van der Waals surface area contributed by atoms with Gasteiger partial charge in [0.25, 0.3) is 0 Å². The van der Waals surface area contributed by atoms with Crippen molar-refractivity contribution >= 4 is 10.9 Å². The van der Waals surface area contributed by atoms with Gasteiger partial charge in [0.1, 0.15) is 0 Å². The number of fused-ring (bicyclic) bond motifs is 1. The third-order valence-electron chi connectivity index (χ3n) is 2.35. The fourth-order valence-corrected chi connectivity index (χ4v) is 1.65.